The summed E-state index contributed by atoms with van der Waals surface area (Å²) < 4.78 is 17.8. The van der Waals surface area contributed by atoms with Crippen LogP contribution in [0.2, 0.25) is 0 Å². The fraction of sp³-hybridized carbons (Fsp3) is 0.308. The van der Waals surface area contributed by atoms with Gasteiger partial charge in [-0.1, -0.05) is 18.2 Å². The third-order valence-corrected chi connectivity index (χ3v) is 2.42. The average Bonchev–Trinajstić information content (AvgIpc) is 2.33. The molecule has 1 N–H and O–H groups in total. The van der Waals surface area contributed by atoms with Crippen LogP contribution in [0, 0.1) is 12.7 Å². The van der Waals surface area contributed by atoms with Gasteiger partial charge >= 0.3 is 5.97 Å². The summed E-state index contributed by atoms with van der Waals surface area (Å²) in [4.78, 5) is 11.6. The van der Waals surface area contributed by atoms with Gasteiger partial charge in [0.25, 0.3) is 0 Å². The van der Waals surface area contributed by atoms with Crippen LogP contribution in [0.4, 0.5) is 4.39 Å². The van der Waals surface area contributed by atoms with E-state index in [1.54, 1.807) is 25.1 Å². The van der Waals surface area contributed by atoms with Gasteiger partial charge in [-0.3, -0.25) is 5.32 Å². The van der Waals surface area contributed by atoms with Gasteiger partial charge in [0.05, 0.1) is 7.11 Å². The Kier molecular flexibility index (Phi) is 4.84. The van der Waals surface area contributed by atoms with Crippen molar-refractivity contribution in [3.05, 3.63) is 47.8 Å². The van der Waals surface area contributed by atoms with Gasteiger partial charge in [0, 0.05) is 6.54 Å². The van der Waals surface area contributed by atoms with Crippen molar-refractivity contribution in [2.75, 3.05) is 13.7 Å². The first-order valence-electron chi connectivity index (χ1n) is 5.28. The molecule has 0 bridgehead atoms. The lowest BCUT2D eigenvalue weighted by atomic mass is 10.0. The van der Waals surface area contributed by atoms with Crippen molar-refractivity contribution in [3.63, 3.8) is 0 Å². The number of methoxy groups -OCH3 is 1. The van der Waals surface area contributed by atoms with Crippen molar-refractivity contribution >= 4 is 5.97 Å². The van der Waals surface area contributed by atoms with Crippen LogP contribution in [0.15, 0.2) is 30.9 Å². The number of hydrogen-bond donors (Lipinski definition) is 1. The van der Waals surface area contributed by atoms with E-state index in [1.165, 1.54) is 13.2 Å². The molecule has 0 amide bonds. The molecule has 1 unspecified atom stereocenters. The van der Waals surface area contributed by atoms with Gasteiger partial charge in [-0.25, -0.2) is 9.18 Å². The van der Waals surface area contributed by atoms with Crippen LogP contribution < -0.4 is 5.32 Å². The van der Waals surface area contributed by atoms with Crippen molar-refractivity contribution in [2.45, 2.75) is 13.0 Å². The average molecular weight is 237 g/mol. The van der Waals surface area contributed by atoms with E-state index in [0.29, 0.717) is 17.7 Å². The number of esters is 1. The molecule has 1 atom stereocenters. The van der Waals surface area contributed by atoms with E-state index in [0.717, 1.165) is 0 Å². The number of carbonyl (C=O) groups is 1. The van der Waals surface area contributed by atoms with Crippen LogP contribution in [-0.4, -0.2) is 19.6 Å². The smallest absolute Gasteiger partial charge is 0.327 e. The molecule has 92 valence electrons. The molecule has 1 aromatic rings. The van der Waals surface area contributed by atoms with Crippen molar-refractivity contribution in [1.82, 2.24) is 5.32 Å². The molecular weight excluding hydrogens is 221 g/mol. The number of halogens is 1. The highest BCUT2D eigenvalue weighted by Crippen LogP contribution is 2.18. The van der Waals surface area contributed by atoms with Crippen LogP contribution >= 0.6 is 0 Å². The summed E-state index contributed by atoms with van der Waals surface area (Å²) in [5.74, 6) is -0.695. The molecular formula is C13H16FNO2. The molecule has 0 fully saturated rings. The first-order chi connectivity index (χ1) is 8.10. The molecule has 1 rings (SSSR count). The second-order valence-corrected chi connectivity index (χ2v) is 3.66. The zero-order valence-electron chi connectivity index (χ0n) is 10.00. The summed E-state index contributed by atoms with van der Waals surface area (Å²) in [5, 5.41) is 2.97. The molecule has 0 aliphatic heterocycles. The Morgan fingerprint density at radius 3 is 2.88 bits per heavy atom. The van der Waals surface area contributed by atoms with E-state index in [9.17, 15) is 9.18 Å². The number of aryl methyl sites for hydroxylation is 1. The lowest BCUT2D eigenvalue weighted by Gasteiger charge is -2.16. The fourth-order valence-corrected chi connectivity index (χ4v) is 1.50. The Hall–Kier alpha value is -1.68. The van der Waals surface area contributed by atoms with Crippen LogP contribution in [0.3, 0.4) is 0 Å². The molecule has 4 heteroatoms. The molecule has 0 aromatic heterocycles. The quantitative estimate of drug-likeness (QED) is 0.629. The van der Waals surface area contributed by atoms with E-state index in [2.05, 4.69) is 11.9 Å². The molecule has 0 aliphatic rings. The summed E-state index contributed by atoms with van der Waals surface area (Å²) in [6.45, 7) is 5.69. The van der Waals surface area contributed by atoms with Gasteiger partial charge in [-0.2, -0.15) is 0 Å². The molecule has 17 heavy (non-hydrogen) atoms. The second kappa shape index (κ2) is 6.15. The molecule has 0 radical (unpaired) electrons. The summed E-state index contributed by atoms with van der Waals surface area (Å²) in [6, 6.07) is 3.95. The minimum atomic E-state index is -0.600. The minimum Gasteiger partial charge on any atom is -0.468 e. The summed E-state index contributed by atoms with van der Waals surface area (Å²) in [7, 11) is 1.32. The van der Waals surface area contributed by atoms with Crippen molar-refractivity contribution in [3.8, 4) is 0 Å². The third-order valence-electron chi connectivity index (χ3n) is 2.42. The van der Waals surface area contributed by atoms with E-state index < -0.39 is 12.0 Å². The predicted molar refractivity (Wildman–Crippen MR) is 64.1 cm³/mol. The SMILES string of the molecule is C=CCNC(C(=O)OC)c1ccc(F)c(C)c1. The van der Waals surface area contributed by atoms with Gasteiger partial charge in [-0.15, -0.1) is 6.58 Å². The summed E-state index contributed by atoms with van der Waals surface area (Å²) >= 11 is 0. The zero-order valence-corrected chi connectivity index (χ0v) is 10.00. The van der Waals surface area contributed by atoms with Gasteiger partial charge in [0.15, 0.2) is 0 Å². The summed E-state index contributed by atoms with van der Waals surface area (Å²) in [5.41, 5.74) is 1.18. The number of nitrogens with one attached hydrogen (secondary N) is 1. The first-order valence-corrected chi connectivity index (χ1v) is 5.28. The normalized spacial score (nSPS) is 11.9. The number of hydrogen-bond acceptors (Lipinski definition) is 3. The molecule has 3 nitrogen and oxygen atoms in total. The lowest BCUT2D eigenvalue weighted by Crippen LogP contribution is -2.29. The minimum absolute atomic E-state index is 0.291. The van der Waals surface area contributed by atoms with Crippen LogP contribution in [0.1, 0.15) is 17.2 Å². The highest BCUT2D eigenvalue weighted by Gasteiger charge is 2.20. The predicted octanol–water partition coefficient (Wildman–Crippen LogP) is 2.12. The van der Waals surface area contributed by atoms with Crippen molar-refractivity contribution in [2.24, 2.45) is 0 Å². The first kappa shape index (κ1) is 13.4. The van der Waals surface area contributed by atoms with Crippen molar-refractivity contribution in [1.29, 1.82) is 0 Å². The number of rotatable bonds is 5. The highest BCUT2D eigenvalue weighted by atomic mass is 19.1. The standard InChI is InChI=1S/C13H16FNO2/c1-4-7-15-12(13(16)17-3)10-5-6-11(14)9(2)8-10/h4-6,8,12,15H,1,7H2,2-3H3. The monoisotopic (exact) mass is 237 g/mol. The van der Waals surface area contributed by atoms with E-state index in [4.69, 9.17) is 4.74 Å². The van der Waals surface area contributed by atoms with E-state index >= 15 is 0 Å². The van der Waals surface area contributed by atoms with Gasteiger partial charge < -0.3 is 4.74 Å². The van der Waals surface area contributed by atoms with E-state index in [-0.39, 0.29) is 5.82 Å². The molecule has 1 aromatic carbocycles. The van der Waals surface area contributed by atoms with Crippen LogP contribution in [-0.2, 0) is 9.53 Å². The Morgan fingerprint density at radius 2 is 2.35 bits per heavy atom. The Bertz CT molecular complexity index is 418. The highest BCUT2D eigenvalue weighted by molar-refractivity contribution is 5.77. The van der Waals surface area contributed by atoms with Gasteiger partial charge in [-0.05, 0) is 24.1 Å². The topological polar surface area (TPSA) is 38.3 Å². The number of ether oxygens (including phenoxy) is 1. The van der Waals surface area contributed by atoms with Crippen LogP contribution in [0.5, 0.6) is 0 Å². The summed E-state index contributed by atoms with van der Waals surface area (Å²) in [6.07, 6.45) is 1.65. The zero-order chi connectivity index (χ0) is 12.8. The molecule has 0 saturated heterocycles. The Balaban J connectivity index is 2.98. The second-order valence-electron chi connectivity index (χ2n) is 3.66. The molecule has 0 heterocycles. The maximum Gasteiger partial charge on any atom is 0.327 e. The maximum absolute atomic E-state index is 13.1. The third kappa shape index (κ3) is 3.39. The Morgan fingerprint density at radius 1 is 1.65 bits per heavy atom. The van der Waals surface area contributed by atoms with Crippen molar-refractivity contribution < 1.29 is 13.9 Å². The van der Waals surface area contributed by atoms with Crippen LogP contribution in [0.25, 0.3) is 0 Å². The largest absolute Gasteiger partial charge is 0.468 e. The molecule has 0 saturated carbocycles. The number of carbonyl (C=O) groups excluding carboxylic acids is 1. The molecule has 0 aliphatic carbocycles. The van der Waals surface area contributed by atoms with Gasteiger partial charge in [0.2, 0.25) is 0 Å². The number of benzene rings is 1. The fourth-order valence-electron chi connectivity index (χ4n) is 1.50. The maximum atomic E-state index is 13.1. The Labute approximate surface area is 100 Å². The van der Waals surface area contributed by atoms with E-state index in [1.807, 2.05) is 0 Å². The van der Waals surface area contributed by atoms with Gasteiger partial charge in [0.1, 0.15) is 11.9 Å². The molecule has 0 spiro atoms. The lowest BCUT2D eigenvalue weighted by molar-refractivity contribution is -0.143.